The summed E-state index contributed by atoms with van der Waals surface area (Å²) in [5.74, 6) is 0.616. The summed E-state index contributed by atoms with van der Waals surface area (Å²) in [7, 11) is 1.59. The van der Waals surface area contributed by atoms with Gasteiger partial charge in [0.15, 0.2) is 0 Å². The van der Waals surface area contributed by atoms with E-state index in [0.717, 1.165) is 16.8 Å². The van der Waals surface area contributed by atoms with E-state index in [1.807, 2.05) is 38.1 Å². The zero-order valence-corrected chi connectivity index (χ0v) is 16.0. The van der Waals surface area contributed by atoms with Crippen LogP contribution in [-0.2, 0) is 0 Å². The number of hydrogen-bond donors (Lipinski definition) is 2. The lowest BCUT2D eigenvalue weighted by atomic mass is 10.2. The Labute approximate surface area is 162 Å². The summed E-state index contributed by atoms with van der Waals surface area (Å²) < 4.78 is 5.34. The molecule has 0 saturated carbocycles. The Balaban J connectivity index is 1.82. The number of benzene rings is 2. The highest BCUT2D eigenvalue weighted by molar-refractivity contribution is 6.31. The van der Waals surface area contributed by atoms with Crippen molar-refractivity contribution in [2.75, 3.05) is 17.7 Å². The van der Waals surface area contributed by atoms with Crippen LogP contribution in [0.1, 0.15) is 21.6 Å². The van der Waals surface area contributed by atoms with Crippen molar-refractivity contribution in [2.45, 2.75) is 13.8 Å². The second kappa shape index (κ2) is 8.05. The van der Waals surface area contributed by atoms with Crippen LogP contribution in [0.15, 0.2) is 48.7 Å². The van der Waals surface area contributed by atoms with Crippen LogP contribution in [0, 0.1) is 13.8 Å². The molecule has 3 aromatic rings. The topological polar surface area (TPSA) is 76.1 Å². The van der Waals surface area contributed by atoms with Crippen molar-refractivity contribution < 1.29 is 9.53 Å². The first-order valence-corrected chi connectivity index (χ1v) is 8.66. The van der Waals surface area contributed by atoms with Gasteiger partial charge in [0.2, 0.25) is 5.95 Å². The van der Waals surface area contributed by atoms with Gasteiger partial charge in [-0.3, -0.25) is 4.79 Å². The van der Waals surface area contributed by atoms with Crippen molar-refractivity contribution >= 4 is 34.8 Å². The van der Waals surface area contributed by atoms with Gasteiger partial charge in [0, 0.05) is 16.9 Å². The first-order valence-electron chi connectivity index (χ1n) is 8.28. The highest BCUT2D eigenvalue weighted by atomic mass is 35.5. The third kappa shape index (κ3) is 4.54. The number of aryl methyl sites for hydroxylation is 2. The first kappa shape index (κ1) is 18.7. The fraction of sp³-hybridized carbons (Fsp3) is 0.150. The van der Waals surface area contributed by atoms with Gasteiger partial charge in [-0.15, -0.1) is 0 Å². The summed E-state index contributed by atoms with van der Waals surface area (Å²) in [6, 6.07) is 12.6. The van der Waals surface area contributed by atoms with Gasteiger partial charge in [0.1, 0.15) is 11.4 Å². The quantitative estimate of drug-likeness (QED) is 0.665. The van der Waals surface area contributed by atoms with Crippen molar-refractivity contribution in [3.8, 4) is 5.75 Å². The lowest BCUT2D eigenvalue weighted by Gasteiger charge is -2.12. The normalized spacial score (nSPS) is 10.4. The SMILES string of the molecule is COc1ccc(C)cc1Nc1nccc(C(=O)Nc2cc(Cl)ccc2C)n1. The molecule has 7 heteroatoms. The molecule has 0 spiro atoms. The van der Waals surface area contributed by atoms with Crippen LogP contribution in [0.2, 0.25) is 5.02 Å². The molecular formula is C20H19ClN4O2. The summed E-state index contributed by atoms with van der Waals surface area (Å²) in [6.07, 6.45) is 1.53. The van der Waals surface area contributed by atoms with E-state index in [1.54, 1.807) is 25.3 Å². The number of ether oxygens (including phenoxy) is 1. The summed E-state index contributed by atoms with van der Waals surface area (Å²) >= 11 is 6.00. The standard InChI is InChI=1S/C20H19ClN4O2/c1-12-4-7-18(27-3)17(10-12)25-20-22-9-8-15(24-20)19(26)23-16-11-14(21)6-5-13(16)2/h4-11H,1-3H3,(H,23,26)(H,22,24,25). The molecule has 1 heterocycles. The number of anilines is 3. The van der Waals surface area contributed by atoms with E-state index in [1.165, 1.54) is 6.20 Å². The molecule has 138 valence electrons. The van der Waals surface area contributed by atoms with Crippen LogP contribution < -0.4 is 15.4 Å². The molecule has 0 radical (unpaired) electrons. The van der Waals surface area contributed by atoms with Crippen LogP contribution in [-0.4, -0.2) is 23.0 Å². The lowest BCUT2D eigenvalue weighted by molar-refractivity contribution is 0.102. The highest BCUT2D eigenvalue weighted by Crippen LogP contribution is 2.27. The molecule has 2 N–H and O–H groups in total. The van der Waals surface area contributed by atoms with Gasteiger partial charge in [-0.05, 0) is 55.3 Å². The number of rotatable bonds is 5. The van der Waals surface area contributed by atoms with Crippen LogP contribution >= 0.6 is 11.6 Å². The second-order valence-electron chi connectivity index (χ2n) is 6.01. The Morgan fingerprint density at radius 2 is 1.89 bits per heavy atom. The molecule has 0 saturated heterocycles. The Kier molecular flexibility index (Phi) is 5.57. The zero-order chi connectivity index (χ0) is 19.4. The minimum Gasteiger partial charge on any atom is -0.495 e. The molecule has 1 amide bonds. The van der Waals surface area contributed by atoms with Crippen molar-refractivity contribution in [1.29, 1.82) is 0 Å². The predicted octanol–water partition coefficient (Wildman–Crippen LogP) is 4.75. The van der Waals surface area contributed by atoms with Crippen molar-refractivity contribution in [3.05, 3.63) is 70.5 Å². The zero-order valence-electron chi connectivity index (χ0n) is 15.2. The van der Waals surface area contributed by atoms with Gasteiger partial charge >= 0.3 is 0 Å². The molecule has 6 nitrogen and oxygen atoms in total. The van der Waals surface area contributed by atoms with E-state index in [-0.39, 0.29) is 11.6 Å². The van der Waals surface area contributed by atoms with Crippen LogP contribution in [0.4, 0.5) is 17.3 Å². The number of carbonyl (C=O) groups excluding carboxylic acids is 1. The van der Waals surface area contributed by atoms with E-state index >= 15 is 0 Å². The van der Waals surface area contributed by atoms with Crippen molar-refractivity contribution in [3.63, 3.8) is 0 Å². The smallest absolute Gasteiger partial charge is 0.274 e. The highest BCUT2D eigenvalue weighted by Gasteiger charge is 2.12. The molecule has 0 atom stereocenters. The van der Waals surface area contributed by atoms with Gasteiger partial charge in [0.25, 0.3) is 5.91 Å². The summed E-state index contributed by atoms with van der Waals surface area (Å²) in [5, 5.41) is 6.47. The number of halogens is 1. The number of nitrogens with one attached hydrogen (secondary N) is 2. The van der Waals surface area contributed by atoms with E-state index in [2.05, 4.69) is 20.6 Å². The number of hydrogen-bond acceptors (Lipinski definition) is 5. The number of aromatic nitrogens is 2. The van der Waals surface area contributed by atoms with Gasteiger partial charge in [-0.1, -0.05) is 23.7 Å². The molecule has 3 rings (SSSR count). The maximum absolute atomic E-state index is 12.6. The van der Waals surface area contributed by atoms with Crippen LogP contribution in [0.5, 0.6) is 5.75 Å². The average Bonchev–Trinajstić information content (AvgIpc) is 2.65. The van der Waals surface area contributed by atoms with E-state index < -0.39 is 0 Å². The van der Waals surface area contributed by atoms with Gasteiger partial charge in [-0.2, -0.15) is 0 Å². The third-order valence-corrected chi connectivity index (χ3v) is 4.17. The Morgan fingerprint density at radius 1 is 1.07 bits per heavy atom. The van der Waals surface area contributed by atoms with E-state index in [9.17, 15) is 4.79 Å². The number of methoxy groups -OCH3 is 1. The monoisotopic (exact) mass is 382 g/mol. The molecular weight excluding hydrogens is 364 g/mol. The van der Waals surface area contributed by atoms with Crippen LogP contribution in [0.25, 0.3) is 0 Å². The van der Waals surface area contributed by atoms with Crippen LogP contribution in [0.3, 0.4) is 0 Å². The molecule has 0 unspecified atom stereocenters. The molecule has 0 aliphatic heterocycles. The average molecular weight is 383 g/mol. The number of carbonyl (C=O) groups is 1. The summed E-state index contributed by atoms with van der Waals surface area (Å²) in [5.41, 5.74) is 3.56. The molecule has 27 heavy (non-hydrogen) atoms. The van der Waals surface area contributed by atoms with Gasteiger partial charge < -0.3 is 15.4 Å². The molecule has 0 aliphatic rings. The van der Waals surface area contributed by atoms with Crippen molar-refractivity contribution in [1.82, 2.24) is 9.97 Å². The Bertz CT molecular complexity index is 991. The number of nitrogens with zero attached hydrogens (tertiary/aromatic N) is 2. The Hall–Kier alpha value is -3.12. The third-order valence-electron chi connectivity index (χ3n) is 3.94. The molecule has 0 aliphatic carbocycles. The predicted molar refractivity (Wildman–Crippen MR) is 107 cm³/mol. The maximum atomic E-state index is 12.6. The maximum Gasteiger partial charge on any atom is 0.274 e. The van der Waals surface area contributed by atoms with Gasteiger partial charge in [0.05, 0.1) is 12.8 Å². The molecule has 0 bridgehead atoms. The van der Waals surface area contributed by atoms with E-state index in [0.29, 0.717) is 22.4 Å². The lowest BCUT2D eigenvalue weighted by Crippen LogP contribution is -2.15. The fourth-order valence-corrected chi connectivity index (χ4v) is 2.67. The first-order chi connectivity index (χ1) is 13.0. The molecule has 1 aromatic heterocycles. The minimum absolute atomic E-state index is 0.235. The molecule has 2 aromatic carbocycles. The fourth-order valence-electron chi connectivity index (χ4n) is 2.50. The van der Waals surface area contributed by atoms with Crippen molar-refractivity contribution in [2.24, 2.45) is 0 Å². The summed E-state index contributed by atoms with van der Waals surface area (Å²) in [4.78, 5) is 21.0. The summed E-state index contributed by atoms with van der Waals surface area (Å²) in [6.45, 7) is 3.87. The second-order valence-corrected chi connectivity index (χ2v) is 6.44. The van der Waals surface area contributed by atoms with E-state index in [4.69, 9.17) is 16.3 Å². The van der Waals surface area contributed by atoms with Gasteiger partial charge in [-0.25, -0.2) is 9.97 Å². The molecule has 0 fully saturated rings. The number of amides is 1. The Morgan fingerprint density at radius 3 is 2.67 bits per heavy atom. The minimum atomic E-state index is -0.345. The largest absolute Gasteiger partial charge is 0.495 e.